The van der Waals surface area contributed by atoms with E-state index < -0.39 is 5.97 Å². The number of nitrogens with one attached hydrogen (secondary N) is 2. The van der Waals surface area contributed by atoms with Gasteiger partial charge in [0.05, 0.1) is 5.56 Å². The van der Waals surface area contributed by atoms with Crippen molar-refractivity contribution in [3.63, 3.8) is 0 Å². The topological polar surface area (TPSA) is 61.4 Å². The highest BCUT2D eigenvalue weighted by atomic mass is 16.4. The van der Waals surface area contributed by atoms with Crippen molar-refractivity contribution in [1.82, 2.24) is 10.6 Å². The van der Waals surface area contributed by atoms with Crippen molar-refractivity contribution in [3.05, 3.63) is 76.9 Å². The van der Waals surface area contributed by atoms with Crippen LogP contribution in [-0.4, -0.2) is 29.2 Å². The Kier molecular flexibility index (Phi) is 7.44. The number of carboxylic acids is 1. The molecule has 32 heavy (non-hydrogen) atoms. The average Bonchev–Trinajstić information content (AvgIpc) is 3.56. The summed E-state index contributed by atoms with van der Waals surface area (Å²) < 4.78 is 0. The van der Waals surface area contributed by atoms with Crippen LogP contribution in [0.5, 0.6) is 0 Å². The molecule has 0 aromatic heterocycles. The molecule has 0 spiro atoms. The lowest BCUT2D eigenvalue weighted by atomic mass is 9.90. The van der Waals surface area contributed by atoms with Crippen molar-refractivity contribution in [1.29, 1.82) is 0 Å². The minimum Gasteiger partial charge on any atom is -0.478 e. The maximum atomic E-state index is 11.0. The summed E-state index contributed by atoms with van der Waals surface area (Å²) in [5.41, 5.74) is 4.38. The van der Waals surface area contributed by atoms with Gasteiger partial charge in [0, 0.05) is 24.7 Å². The van der Waals surface area contributed by atoms with E-state index >= 15 is 0 Å². The Bertz CT molecular complexity index is 912. The zero-order valence-corrected chi connectivity index (χ0v) is 19.3. The van der Waals surface area contributed by atoms with Gasteiger partial charge in [-0.15, -0.1) is 0 Å². The first kappa shape index (κ1) is 22.8. The second-order valence-corrected chi connectivity index (χ2v) is 9.76. The maximum Gasteiger partial charge on any atom is 0.335 e. The number of carbonyl (C=O) groups is 1. The third-order valence-electron chi connectivity index (χ3n) is 6.99. The van der Waals surface area contributed by atoms with E-state index in [-0.39, 0.29) is 0 Å². The number of hydrogen-bond acceptors (Lipinski definition) is 3. The number of hydrogen-bond donors (Lipinski definition) is 3. The quantitative estimate of drug-likeness (QED) is 0.489. The fourth-order valence-electron chi connectivity index (χ4n) is 4.99. The molecule has 3 N–H and O–H groups in total. The predicted molar refractivity (Wildman–Crippen MR) is 131 cm³/mol. The van der Waals surface area contributed by atoms with E-state index in [0.717, 1.165) is 12.1 Å². The summed E-state index contributed by atoms with van der Waals surface area (Å²) in [5.74, 6) is 0.389. The highest BCUT2D eigenvalue weighted by Gasteiger charge is 2.41. The van der Waals surface area contributed by atoms with Crippen molar-refractivity contribution >= 4 is 12.0 Å². The highest BCUT2D eigenvalue weighted by Crippen LogP contribution is 2.42. The summed E-state index contributed by atoms with van der Waals surface area (Å²) in [5, 5.41) is 16.6. The van der Waals surface area contributed by atoms with Gasteiger partial charge in [-0.3, -0.25) is 0 Å². The minimum absolute atomic E-state index is 0.345. The Balaban J connectivity index is 1.21. The summed E-state index contributed by atoms with van der Waals surface area (Å²) in [6.45, 7) is 5.43. The molecule has 0 radical (unpaired) electrons. The highest BCUT2D eigenvalue weighted by molar-refractivity contribution is 5.87. The Hall–Kier alpha value is -2.43. The van der Waals surface area contributed by atoms with Crippen LogP contribution >= 0.6 is 0 Å². The number of benzene rings is 2. The number of carboxylic acid groups (broad SMARTS) is 1. The normalized spacial score (nSPS) is 25.7. The van der Waals surface area contributed by atoms with E-state index in [0.29, 0.717) is 35.5 Å². The molecule has 2 aliphatic carbocycles. The van der Waals surface area contributed by atoms with E-state index in [9.17, 15) is 4.79 Å². The third kappa shape index (κ3) is 6.08. The van der Waals surface area contributed by atoms with Crippen LogP contribution in [0.3, 0.4) is 0 Å². The average molecular weight is 433 g/mol. The van der Waals surface area contributed by atoms with Gasteiger partial charge in [0.25, 0.3) is 0 Å². The Morgan fingerprint density at radius 3 is 2.28 bits per heavy atom. The summed E-state index contributed by atoms with van der Waals surface area (Å²) in [6, 6.07) is 19.7. The smallest absolute Gasteiger partial charge is 0.335 e. The molecule has 2 saturated carbocycles. The van der Waals surface area contributed by atoms with Gasteiger partial charge in [-0.05, 0) is 67.2 Å². The maximum absolute atomic E-state index is 11.0. The van der Waals surface area contributed by atoms with E-state index in [1.807, 2.05) is 12.1 Å². The fourth-order valence-corrected chi connectivity index (χ4v) is 4.99. The van der Waals surface area contributed by atoms with E-state index in [1.165, 1.54) is 37.7 Å². The number of rotatable bonds is 9. The van der Waals surface area contributed by atoms with Crippen molar-refractivity contribution in [2.24, 2.45) is 11.8 Å². The monoisotopic (exact) mass is 432 g/mol. The molecule has 0 saturated heterocycles. The summed E-state index contributed by atoms with van der Waals surface area (Å²) >= 11 is 0. The summed E-state index contributed by atoms with van der Waals surface area (Å²) in [4.78, 5) is 11.0. The molecule has 2 unspecified atom stereocenters. The van der Waals surface area contributed by atoms with Gasteiger partial charge in [0.2, 0.25) is 0 Å². The Labute approximate surface area is 192 Å². The molecule has 0 aliphatic heterocycles. The van der Waals surface area contributed by atoms with Gasteiger partial charge in [-0.1, -0.05) is 68.0 Å². The zero-order chi connectivity index (χ0) is 22.5. The molecule has 0 bridgehead atoms. The lowest BCUT2D eigenvalue weighted by Gasteiger charge is -2.30. The molecule has 2 aliphatic rings. The van der Waals surface area contributed by atoms with E-state index in [2.05, 4.69) is 60.9 Å². The summed E-state index contributed by atoms with van der Waals surface area (Å²) in [7, 11) is 0. The third-order valence-corrected chi connectivity index (χ3v) is 6.99. The lowest BCUT2D eigenvalue weighted by molar-refractivity contribution is 0.0697. The molecule has 2 aromatic rings. The van der Waals surface area contributed by atoms with E-state index in [4.69, 9.17) is 5.11 Å². The van der Waals surface area contributed by atoms with Crippen molar-refractivity contribution < 1.29 is 9.90 Å². The SMILES string of the molecule is CC(C)/C(=C\c1ccccc1)C1CC1NC1CCC(NCc2ccc(C(=O)O)cc2)CC1. The molecule has 0 heterocycles. The first-order valence-electron chi connectivity index (χ1n) is 12.1. The van der Waals surface area contributed by atoms with Crippen LogP contribution in [0, 0.1) is 11.8 Å². The zero-order valence-electron chi connectivity index (χ0n) is 19.3. The van der Waals surface area contributed by atoms with Crippen LogP contribution in [0.1, 0.15) is 67.4 Å². The molecular weight excluding hydrogens is 396 g/mol. The van der Waals surface area contributed by atoms with Crippen LogP contribution < -0.4 is 10.6 Å². The molecule has 0 amide bonds. The first-order valence-corrected chi connectivity index (χ1v) is 12.1. The molecule has 4 nitrogen and oxygen atoms in total. The first-order chi connectivity index (χ1) is 15.5. The standard InChI is InChI=1S/C28H36N2O2/c1-19(2)25(16-20-6-4-3-5-7-20)26-17-27(26)30-24-14-12-23(13-15-24)29-18-21-8-10-22(11-9-21)28(31)32/h3-11,16,19,23-24,26-27,29-30H,12-15,17-18H2,1-2H3,(H,31,32)/b25-16+. The fraction of sp³-hybridized carbons (Fsp3) is 0.464. The number of aromatic carboxylic acids is 1. The van der Waals surface area contributed by atoms with Crippen LogP contribution in [0.2, 0.25) is 0 Å². The van der Waals surface area contributed by atoms with Crippen molar-refractivity contribution in [3.8, 4) is 0 Å². The molecule has 2 atom stereocenters. The molecule has 170 valence electrons. The summed E-state index contributed by atoms with van der Waals surface area (Å²) in [6.07, 6.45) is 8.50. The van der Waals surface area contributed by atoms with Crippen LogP contribution in [0.15, 0.2) is 60.2 Å². The van der Waals surface area contributed by atoms with Crippen LogP contribution in [0.4, 0.5) is 0 Å². The Morgan fingerprint density at radius 1 is 1.00 bits per heavy atom. The van der Waals surface area contributed by atoms with Gasteiger partial charge in [-0.2, -0.15) is 0 Å². The molecule has 4 rings (SSSR count). The molecule has 2 fully saturated rings. The Morgan fingerprint density at radius 2 is 1.66 bits per heavy atom. The molecule has 4 heteroatoms. The van der Waals surface area contributed by atoms with Gasteiger partial charge >= 0.3 is 5.97 Å². The lowest BCUT2D eigenvalue weighted by Crippen LogP contribution is -2.41. The van der Waals surface area contributed by atoms with Crippen molar-refractivity contribution in [2.75, 3.05) is 0 Å². The van der Waals surface area contributed by atoms with Gasteiger partial charge in [-0.25, -0.2) is 4.79 Å². The second kappa shape index (κ2) is 10.5. The van der Waals surface area contributed by atoms with Crippen LogP contribution in [0.25, 0.3) is 6.08 Å². The van der Waals surface area contributed by atoms with E-state index in [1.54, 1.807) is 17.7 Å². The predicted octanol–water partition coefficient (Wildman–Crippen LogP) is 5.50. The molecular formula is C28H36N2O2. The van der Waals surface area contributed by atoms with Crippen LogP contribution in [-0.2, 0) is 6.54 Å². The van der Waals surface area contributed by atoms with Gasteiger partial charge in [0.1, 0.15) is 0 Å². The molecule has 2 aromatic carbocycles. The van der Waals surface area contributed by atoms with Gasteiger partial charge < -0.3 is 15.7 Å². The second-order valence-electron chi connectivity index (χ2n) is 9.76. The minimum atomic E-state index is -0.871. The van der Waals surface area contributed by atoms with Gasteiger partial charge in [0.15, 0.2) is 0 Å². The van der Waals surface area contributed by atoms with Crippen molar-refractivity contribution in [2.45, 2.75) is 70.6 Å². The largest absolute Gasteiger partial charge is 0.478 e.